The predicted molar refractivity (Wildman–Crippen MR) is 111 cm³/mol. The minimum Gasteiger partial charge on any atom is -0.396 e. The second-order valence-electron chi connectivity index (χ2n) is 7.39. The quantitative estimate of drug-likeness (QED) is 0.456. The van der Waals surface area contributed by atoms with E-state index in [2.05, 4.69) is 53.6 Å². The molecule has 0 aliphatic heterocycles. The molecule has 1 saturated carbocycles. The van der Waals surface area contributed by atoms with Gasteiger partial charge in [-0.1, -0.05) is 30.0 Å². The Kier molecular flexibility index (Phi) is 4.68. The molecule has 0 saturated heterocycles. The minimum absolute atomic E-state index is 0.0000363. The van der Waals surface area contributed by atoms with Crippen LogP contribution in [0.5, 0.6) is 0 Å². The van der Waals surface area contributed by atoms with Gasteiger partial charge in [0.15, 0.2) is 11.2 Å². The summed E-state index contributed by atoms with van der Waals surface area (Å²) in [6.07, 6.45) is 2.44. The van der Waals surface area contributed by atoms with Crippen molar-refractivity contribution >= 4 is 31.8 Å². The van der Waals surface area contributed by atoms with Gasteiger partial charge in [-0.15, -0.1) is 0 Å². The first-order valence-electron chi connectivity index (χ1n) is 9.25. The molecule has 3 atom stereocenters. The zero-order valence-corrected chi connectivity index (χ0v) is 16.9. The second kappa shape index (κ2) is 7.03. The van der Waals surface area contributed by atoms with Crippen molar-refractivity contribution in [3.05, 3.63) is 58.2 Å². The number of nitrogens with one attached hydrogen (secondary N) is 1. The summed E-state index contributed by atoms with van der Waals surface area (Å²) in [7, 11) is 0.572. The number of hydrogen-bond donors (Lipinski definition) is 3. The molecule has 144 valence electrons. The molecule has 1 aromatic carbocycles. The molecule has 0 unspecified atom stereocenters. The third-order valence-electron chi connectivity index (χ3n) is 5.80. The van der Waals surface area contributed by atoms with Crippen molar-refractivity contribution in [2.75, 3.05) is 12.3 Å². The Bertz CT molecular complexity index is 1120. The average Bonchev–Trinajstić information content (AvgIpc) is 3.19. The standard InChI is InChI=1S/C20H23N5O2Si/c1-10-5-4-6-15(11(10)2)28-16-7-14(12(3)13(16)8-26)25-9-22-17-18(25)23-20(21)24-19(17)27/h4-6,9,13-14,16,26H,3,7-8H2,1-2H3,(H3,21,23,24,27)/t13-,14-,16-/m0/s1. The molecule has 4 N–H and O–H groups in total. The fourth-order valence-electron chi connectivity index (χ4n) is 4.04. The maximum Gasteiger partial charge on any atom is 0.280 e. The van der Waals surface area contributed by atoms with Crippen molar-refractivity contribution in [1.29, 1.82) is 0 Å². The van der Waals surface area contributed by atoms with Crippen LogP contribution in [0.4, 0.5) is 5.95 Å². The fourth-order valence-corrected chi connectivity index (χ4v) is 5.90. The molecule has 4 rings (SSSR count). The van der Waals surface area contributed by atoms with E-state index < -0.39 is 0 Å². The number of aliphatic hydroxyl groups is 1. The molecule has 0 amide bonds. The number of nitrogens with two attached hydrogens (primary N) is 1. The van der Waals surface area contributed by atoms with Gasteiger partial charge in [0.05, 0.1) is 21.9 Å². The van der Waals surface area contributed by atoms with Crippen molar-refractivity contribution in [2.24, 2.45) is 5.92 Å². The van der Waals surface area contributed by atoms with Crippen molar-refractivity contribution in [2.45, 2.75) is 31.9 Å². The molecule has 7 nitrogen and oxygen atoms in total. The van der Waals surface area contributed by atoms with Gasteiger partial charge in [0.25, 0.3) is 5.56 Å². The lowest BCUT2D eigenvalue weighted by molar-refractivity contribution is 0.249. The van der Waals surface area contributed by atoms with E-state index in [0.29, 0.717) is 15.2 Å². The van der Waals surface area contributed by atoms with Crippen LogP contribution in [0, 0.1) is 19.8 Å². The molecule has 8 heteroatoms. The first kappa shape index (κ1) is 18.6. The number of rotatable bonds is 4. The van der Waals surface area contributed by atoms with Gasteiger partial charge in [0.1, 0.15) is 0 Å². The van der Waals surface area contributed by atoms with E-state index in [0.717, 1.165) is 12.0 Å². The summed E-state index contributed by atoms with van der Waals surface area (Å²) in [6.45, 7) is 8.60. The first-order valence-corrected chi connectivity index (χ1v) is 10.3. The van der Waals surface area contributed by atoms with Crippen LogP contribution >= 0.6 is 0 Å². The number of benzene rings is 1. The highest BCUT2D eigenvalue weighted by atomic mass is 28.2. The number of H-pyrrole nitrogens is 1. The van der Waals surface area contributed by atoms with E-state index in [-0.39, 0.29) is 41.1 Å². The minimum atomic E-state index is -0.350. The molecule has 28 heavy (non-hydrogen) atoms. The Morgan fingerprint density at radius 2 is 2.21 bits per heavy atom. The van der Waals surface area contributed by atoms with Crippen LogP contribution in [-0.2, 0) is 0 Å². The maximum absolute atomic E-state index is 12.1. The van der Waals surface area contributed by atoms with E-state index in [9.17, 15) is 9.90 Å². The molecule has 0 bridgehead atoms. The van der Waals surface area contributed by atoms with Gasteiger partial charge in [0.2, 0.25) is 5.95 Å². The Morgan fingerprint density at radius 1 is 1.43 bits per heavy atom. The topological polar surface area (TPSA) is 110 Å². The summed E-state index contributed by atoms with van der Waals surface area (Å²) in [6, 6.07) is 6.30. The van der Waals surface area contributed by atoms with Crippen LogP contribution in [0.25, 0.3) is 11.2 Å². The van der Waals surface area contributed by atoms with E-state index >= 15 is 0 Å². The zero-order valence-electron chi connectivity index (χ0n) is 15.9. The Hall–Kier alpha value is -2.71. The Balaban J connectivity index is 1.70. The molecule has 0 spiro atoms. The molecule has 1 fully saturated rings. The number of aryl methyl sites for hydroxylation is 1. The molecule has 3 aromatic rings. The smallest absolute Gasteiger partial charge is 0.280 e. The van der Waals surface area contributed by atoms with Crippen molar-refractivity contribution < 1.29 is 5.11 Å². The van der Waals surface area contributed by atoms with Gasteiger partial charge in [-0.3, -0.25) is 9.78 Å². The second-order valence-corrected chi connectivity index (χ2v) is 8.96. The van der Waals surface area contributed by atoms with E-state index in [1.54, 1.807) is 6.33 Å². The average molecular weight is 394 g/mol. The highest BCUT2D eigenvalue weighted by Gasteiger charge is 2.39. The molecule has 2 heterocycles. The van der Waals surface area contributed by atoms with Crippen LogP contribution in [0.3, 0.4) is 0 Å². The van der Waals surface area contributed by atoms with E-state index in [4.69, 9.17) is 5.73 Å². The van der Waals surface area contributed by atoms with Gasteiger partial charge < -0.3 is 15.4 Å². The van der Waals surface area contributed by atoms with Gasteiger partial charge in [-0.25, -0.2) is 4.98 Å². The fraction of sp³-hybridized carbons (Fsp3) is 0.350. The molecule has 1 aliphatic rings. The number of nitrogens with zero attached hydrogens (tertiary/aromatic N) is 3. The van der Waals surface area contributed by atoms with Crippen molar-refractivity contribution in [3.63, 3.8) is 0 Å². The third-order valence-corrected chi connectivity index (χ3v) is 7.66. The number of hydrogen-bond acceptors (Lipinski definition) is 5. The van der Waals surface area contributed by atoms with Crippen molar-refractivity contribution in [3.8, 4) is 0 Å². The normalized spacial score (nSPS) is 22.2. The summed E-state index contributed by atoms with van der Waals surface area (Å²) in [5, 5.41) is 11.4. The number of anilines is 1. The SMILES string of the molecule is C=C1[C@H](CO)[C@@H]([Si]c2cccc(C)c2C)C[C@@H]1n1cnc2c(=O)[nH]c(N)nc21. The lowest BCUT2D eigenvalue weighted by atomic mass is 10.0. The highest BCUT2D eigenvalue weighted by molar-refractivity contribution is 6.56. The lowest BCUT2D eigenvalue weighted by Gasteiger charge is -2.18. The van der Waals surface area contributed by atoms with E-state index in [1.165, 1.54) is 16.3 Å². The number of aromatic amines is 1. The number of imidazole rings is 1. The lowest BCUT2D eigenvalue weighted by Crippen LogP contribution is -2.26. The monoisotopic (exact) mass is 393 g/mol. The molecule has 1 aliphatic carbocycles. The zero-order chi connectivity index (χ0) is 20.0. The van der Waals surface area contributed by atoms with Gasteiger partial charge >= 0.3 is 0 Å². The van der Waals surface area contributed by atoms with Gasteiger partial charge in [0, 0.05) is 12.5 Å². The van der Waals surface area contributed by atoms with Gasteiger partial charge in [-0.2, -0.15) is 4.98 Å². The van der Waals surface area contributed by atoms with Gasteiger partial charge in [-0.05, 0) is 42.5 Å². The molecular formula is C20H23N5O2Si. The molecule has 2 radical (unpaired) electrons. The number of nitrogen functional groups attached to an aromatic ring is 1. The highest BCUT2D eigenvalue weighted by Crippen LogP contribution is 2.46. The number of aliphatic hydroxyl groups excluding tert-OH is 1. The van der Waals surface area contributed by atoms with Crippen LogP contribution in [0.2, 0.25) is 5.54 Å². The number of fused-ring (bicyclic) bond motifs is 1. The van der Waals surface area contributed by atoms with Crippen molar-refractivity contribution in [1.82, 2.24) is 19.5 Å². The largest absolute Gasteiger partial charge is 0.396 e. The molecule has 2 aromatic heterocycles. The Morgan fingerprint density at radius 3 is 2.96 bits per heavy atom. The summed E-state index contributed by atoms with van der Waals surface area (Å²) in [4.78, 5) is 23.1. The summed E-state index contributed by atoms with van der Waals surface area (Å²) >= 11 is 0. The maximum atomic E-state index is 12.1. The van der Waals surface area contributed by atoms with Crippen LogP contribution in [0.15, 0.2) is 41.5 Å². The predicted octanol–water partition coefficient (Wildman–Crippen LogP) is 1.25. The third kappa shape index (κ3) is 2.98. The summed E-state index contributed by atoms with van der Waals surface area (Å²) in [5.41, 5.74) is 9.92. The van der Waals surface area contributed by atoms with Crippen LogP contribution in [-0.4, -0.2) is 40.8 Å². The first-order chi connectivity index (χ1) is 13.4. The number of aromatic nitrogens is 4. The van der Waals surface area contributed by atoms with E-state index in [1.807, 2.05) is 4.57 Å². The Labute approximate surface area is 165 Å². The molecular weight excluding hydrogens is 370 g/mol. The van der Waals surface area contributed by atoms with Crippen LogP contribution in [0.1, 0.15) is 23.6 Å². The summed E-state index contributed by atoms with van der Waals surface area (Å²) in [5.74, 6) is 0.0652. The van der Waals surface area contributed by atoms with Crippen LogP contribution < -0.4 is 16.5 Å². The summed E-state index contributed by atoms with van der Waals surface area (Å²) < 4.78 is 1.87.